The molecule has 0 saturated carbocycles. The number of thioether (sulfide) groups is 1. The largest absolute Gasteiger partial charge is 0.392 e. The molecule has 1 aromatic rings. The van der Waals surface area contributed by atoms with Crippen molar-refractivity contribution in [2.45, 2.75) is 30.3 Å². The zero-order valence-corrected chi connectivity index (χ0v) is 13.3. The molecule has 1 aromatic carbocycles. The van der Waals surface area contributed by atoms with E-state index >= 15 is 0 Å². The Bertz CT molecular complexity index is 451. The molecule has 1 fully saturated rings. The lowest BCUT2D eigenvalue weighted by atomic mass is 9.77. The van der Waals surface area contributed by atoms with Crippen molar-refractivity contribution in [2.75, 3.05) is 5.75 Å². The Morgan fingerprint density at radius 1 is 1.53 bits per heavy atom. The highest BCUT2D eigenvalue weighted by atomic mass is 79.9. The molecule has 2 nitrogen and oxygen atoms in total. The van der Waals surface area contributed by atoms with E-state index in [9.17, 15) is 10.2 Å². The third-order valence-corrected chi connectivity index (χ3v) is 5.49. The fraction of sp³-hybridized carbons (Fsp3) is 0.467. The Morgan fingerprint density at radius 2 is 2.16 bits per heavy atom. The van der Waals surface area contributed by atoms with Gasteiger partial charge in [0.1, 0.15) is 5.60 Å². The lowest BCUT2D eigenvalue weighted by Crippen LogP contribution is -2.43. The minimum Gasteiger partial charge on any atom is -0.392 e. The molecule has 4 atom stereocenters. The molecule has 19 heavy (non-hydrogen) atoms. The molecule has 0 bridgehead atoms. The second-order valence-corrected chi connectivity index (χ2v) is 7.61. The predicted octanol–water partition coefficient (Wildman–Crippen LogP) is 3.29. The van der Waals surface area contributed by atoms with E-state index in [1.54, 1.807) is 11.8 Å². The lowest BCUT2D eigenvalue weighted by Gasteiger charge is -2.35. The summed E-state index contributed by atoms with van der Waals surface area (Å²) >= 11 is 5.00. The maximum atomic E-state index is 11.1. The maximum absolute atomic E-state index is 11.1. The molecule has 1 heterocycles. The van der Waals surface area contributed by atoms with E-state index < -0.39 is 11.7 Å². The Morgan fingerprint density at radius 3 is 2.74 bits per heavy atom. The summed E-state index contributed by atoms with van der Waals surface area (Å²) in [4.78, 5) is 0. The minimum absolute atomic E-state index is 0.186. The van der Waals surface area contributed by atoms with Gasteiger partial charge in [-0.1, -0.05) is 59.8 Å². The second-order valence-electron chi connectivity index (χ2n) is 5.12. The van der Waals surface area contributed by atoms with Crippen LogP contribution in [0.3, 0.4) is 0 Å². The molecule has 1 aliphatic heterocycles. The molecule has 104 valence electrons. The SMILES string of the molecule is C=C(Br)C[C@@H](O)[C@@H]1[C@@H](C)SC[C@@]1(O)c1ccccc1. The van der Waals surface area contributed by atoms with Crippen molar-refractivity contribution in [3.63, 3.8) is 0 Å². The first-order valence-corrected chi connectivity index (χ1v) is 8.20. The fourth-order valence-corrected chi connectivity index (χ4v) is 4.66. The van der Waals surface area contributed by atoms with Crippen molar-refractivity contribution in [3.05, 3.63) is 47.0 Å². The summed E-state index contributed by atoms with van der Waals surface area (Å²) in [6.45, 7) is 5.85. The number of aliphatic hydroxyl groups excluding tert-OH is 1. The monoisotopic (exact) mass is 342 g/mol. The Balaban J connectivity index is 2.31. The topological polar surface area (TPSA) is 40.5 Å². The third-order valence-electron chi connectivity index (χ3n) is 3.74. The van der Waals surface area contributed by atoms with Crippen LogP contribution in [0.4, 0.5) is 0 Å². The molecule has 0 unspecified atom stereocenters. The number of halogens is 1. The van der Waals surface area contributed by atoms with E-state index in [2.05, 4.69) is 29.4 Å². The van der Waals surface area contributed by atoms with E-state index in [1.165, 1.54) is 0 Å². The van der Waals surface area contributed by atoms with E-state index in [1.807, 2.05) is 30.3 Å². The van der Waals surface area contributed by atoms with E-state index in [0.29, 0.717) is 12.2 Å². The van der Waals surface area contributed by atoms with Crippen LogP contribution in [0.15, 0.2) is 41.4 Å². The van der Waals surface area contributed by atoms with Gasteiger partial charge in [-0.25, -0.2) is 0 Å². The van der Waals surface area contributed by atoms with Crippen molar-refractivity contribution in [1.82, 2.24) is 0 Å². The molecule has 0 spiro atoms. The summed E-state index contributed by atoms with van der Waals surface area (Å²) in [5.41, 5.74) is -0.0798. The molecular formula is C15H19BrO2S. The number of hydrogen-bond acceptors (Lipinski definition) is 3. The molecular weight excluding hydrogens is 324 g/mol. The first-order valence-electron chi connectivity index (χ1n) is 6.36. The average molecular weight is 343 g/mol. The van der Waals surface area contributed by atoms with Gasteiger partial charge in [0.15, 0.2) is 0 Å². The normalized spacial score (nSPS) is 32.2. The van der Waals surface area contributed by atoms with E-state index in [4.69, 9.17) is 0 Å². The van der Waals surface area contributed by atoms with Gasteiger partial charge in [-0.15, -0.1) is 0 Å². The number of benzene rings is 1. The van der Waals surface area contributed by atoms with Crippen molar-refractivity contribution in [2.24, 2.45) is 5.92 Å². The second kappa shape index (κ2) is 6.00. The summed E-state index contributed by atoms with van der Waals surface area (Å²) in [5, 5.41) is 21.7. The third kappa shape index (κ3) is 3.07. The Kier molecular flexibility index (Phi) is 4.77. The molecule has 2 rings (SSSR count). The van der Waals surface area contributed by atoms with E-state index in [0.717, 1.165) is 10.0 Å². The summed E-state index contributed by atoms with van der Waals surface area (Å²) < 4.78 is 0.763. The lowest BCUT2D eigenvalue weighted by molar-refractivity contribution is -0.0506. The first kappa shape index (κ1) is 15.1. The van der Waals surface area contributed by atoms with Gasteiger partial charge in [-0.3, -0.25) is 0 Å². The van der Waals surface area contributed by atoms with Gasteiger partial charge < -0.3 is 10.2 Å². The van der Waals surface area contributed by atoms with Crippen LogP contribution >= 0.6 is 27.7 Å². The molecule has 2 N–H and O–H groups in total. The van der Waals surface area contributed by atoms with Gasteiger partial charge in [-0.05, 0) is 10.0 Å². The van der Waals surface area contributed by atoms with Crippen molar-refractivity contribution >= 4 is 27.7 Å². The number of aliphatic hydroxyl groups is 2. The summed E-state index contributed by atoms with van der Waals surface area (Å²) in [7, 11) is 0. The first-order chi connectivity index (χ1) is 8.95. The molecule has 0 radical (unpaired) electrons. The van der Waals surface area contributed by atoms with Crippen LogP contribution in [-0.4, -0.2) is 27.3 Å². The predicted molar refractivity (Wildman–Crippen MR) is 84.4 cm³/mol. The summed E-state index contributed by atoms with van der Waals surface area (Å²) in [6, 6.07) is 9.65. The highest BCUT2D eigenvalue weighted by Crippen LogP contribution is 2.48. The standard InChI is InChI=1S/C15H19BrO2S/c1-10(16)8-13(17)14-11(2)19-9-15(14,18)12-6-4-3-5-7-12/h3-7,11,13-14,17-18H,1,8-9H2,2H3/t11-,13-,14+,15-/m1/s1. The van der Waals surface area contributed by atoms with Crippen LogP contribution in [0.2, 0.25) is 0 Å². The summed E-state index contributed by atoms with van der Waals surface area (Å²) in [6.07, 6.45) is -0.132. The highest BCUT2D eigenvalue weighted by molar-refractivity contribution is 9.11. The Labute approximate surface area is 127 Å². The molecule has 4 heteroatoms. The zero-order valence-electron chi connectivity index (χ0n) is 10.9. The van der Waals surface area contributed by atoms with Gasteiger partial charge in [0, 0.05) is 23.3 Å². The molecule has 1 aliphatic rings. The van der Waals surface area contributed by atoms with Gasteiger partial charge in [0.05, 0.1) is 6.10 Å². The van der Waals surface area contributed by atoms with Crippen LogP contribution in [0.1, 0.15) is 18.9 Å². The van der Waals surface area contributed by atoms with Crippen LogP contribution in [0.25, 0.3) is 0 Å². The minimum atomic E-state index is -0.965. The quantitative estimate of drug-likeness (QED) is 0.881. The van der Waals surface area contributed by atoms with Crippen molar-refractivity contribution in [3.8, 4) is 0 Å². The number of rotatable bonds is 4. The average Bonchev–Trinajstić information content (AvgIpc) is 2.67. The van der Waals surface area contributed by atoms with Gasteiger partial charge in [-0.2, -0.15) is 11.8 Å². The summed E-state index contributed by atoms with van der Waals surface area (Å²) in [5.74, 6) is 0.434. The molecule has 0 aliphatic carbocycles. The van der Waals surface area contributed by atoms with Crippen LogP contribution in [0.5, 0.6) is 0 Å². The number of hydrogen-bond donors (Lipinski definition) is 2. The van der Waals surface area contributed by atoms with Gasteiger partial charge >= 0.3 is 0 Å². The smallest absolute Gasteiger partial charge is 0.105 e. The van der Waals surface area contributed by atoms with Crippen LogP contribution in [-0.2, 0) is 5.60 Å². The molecule has 0 aromatic heterocycles. The molecule has 0 amide bonds. The Hall–Kier alpha value is -0.290. The molecule has 1 saturated heterocycles. The fourth-order valence-electron chi connectivity index (χ4n) is 2.83. The van der Waals surface area contributed by atoms with Crippen molar-refractivity contribution < 1.29 is 10.2 Å². The van der Waals surface area contributed by atoms with Crippen LogP contribution < -0.4 is 0 Å². The zero-order chi connectivity index (χ0) is 14.0. The van der Waals surface area contributed by atoms with E-state index in [-0.39, 0.29) is 11.2 Å². The maximum Gasteiger partial charge on any atom is 0.105 e. The highest BCUT2D eigenvalue weighted by Gasteiger charge is 2.50. The van der Waals surface area contributed by atoms with Gasteiger partial charge in [0.2, 0.25) is 0 Å². The van der Waals surface area contributed by atoms with Gasteiger partial charge in [0.25, 0.3) is 0 Å². The van der Waals surface area contributed by atoms with Crippen molar-refractivity contribution in [1.29, 1.82) is 0 Å². The van der Waals surface area contributed by atoms with Crippen LogP contribution in [0, 0.1) is 5.92 Å².